The average molecular weight is 303 g/mol. The lowest BCUT2D eigenvalue weighted by molar-refractivity contribution is 0.137. The second-order valence-electron chi connectivity index (χ2n) is 6.25. The molecule has 1 N–H and O–H groups in total. The molecule has 4 heteroatoms. The number of fused-ring (bicyclic) bond motifs is 1. The summed E-state index contributed by atoms with van der Waals surface area (Å²) in [6.45, 7) is 3.63. The molecular formula is C18H25NO3. The molecule has 0 unspecified atom stereocenters. The van der Waals surface area contributed by atoms with Gasteiger partial charge in [-0.25, -0.2) is 0 Å². The van der Waals surface area contributed by atoms with Crippen molar-refractivity contribution in [2.75, 3.05) is 27.3 Å². The van der Waals surface area contributed by atoms with Gasteiger partial charge in [0.05, 0.1) is 19.8 Å². The third-order valence-corrected chi connectivity index (χ3v) is 5.09. The van der Waals surface area contributed by atoms with Crippen LogP contribution in [0.3, 0.4) is 0 Å². The van der Waals surface area contributed by atoms with Crippen molar-refractivity contribution in [2.24, 2.45) is 0 Å². The minimum Gasteiger partial charge on any atom is -0.493 e. The van der Waals surface area contributed by atoms with Gasteiger partial charge in [-0.05, 0) is 51.1 Å². The first kappa shape index (κ1) is 15.4. The van der Waals surface area contributed by atoms with Crippen molar-refractivity contribution in [3.05, 3.63) is 35.9 Å². The Morgan fingerprint density at radius 3 is 2.91 bits per heavy atom. The molecule has 1 aromatic carbocycles. The summed E-state index contributed by atoms with van der Waals surface area (Å²) in [5.74, 6) is 1.56. The second-order valence-corrected chi connectivity index (χ2v) is 6.25. The van der Waals surface area contributed by atoms with Crippen molar-refractivity contribution < 1.29 is 14.6 Å². The smallest absolute Gasteiger partial charge is 0.161 e. The summed E-state index contributed by atoms with van der Waals surface area (Å²) in [4.78, 5) is 2.36. The number of ether oxygens (including phenoxy) is 2. The number of benzene rings is 1. The van der Waals surface area contributed by atoms with Gasteiger partial charge >= 0.3 is 0 Å². The number of aliphatic hydroxyl groups excluding tert-OH is 1. The van der Waals surface area contributed by atoms with E-state index < -0.39 is 0 Å². The first-order valence-corrected chi connectivity index (χ1v) is 7.99. The summed E-state index contributed by atoms with van der Waals surface area (Å²) < 4.78 is 11.1. The molecule has 1 heterocycles. The van der Waals surface area contributed by atoms with Crippen LogP contribution in [0.4, 0.5) is 0 Å². The lowest BCUT2D eigenvalue weighted by Crippen LogP contribution is -2.44. The van der Waals surface area contributed by atoms with Gasteiger partial charge < -0.3 is 19.5 Å². The van der Waals surface area contributed by atoms with Gasteiger partial charge in [0.1, 0.15) is 0 Å². The van der Waals surface area contributed by atoms with Gasteiger partial charge in [0.25, 0.3) is 0 Å². The first-order valence-electron chi connectivity index (χ1n) is 7.99. The standard InChI is InChI=1S/C18H25NO3/c1-4-22-15-6-5-13(11-16(15)21-3)18-8-7-14(20)12-17(18)19(2)10-9-18/h5-8,11,14,17,20H,4,9-10,12H2,1-3H3/t14-,17-,18-/m0/s1. The van der Waals surface area contributed by atoms with Crippen molar-refractivity contribution >= 4 is 0 Å². The third-order valence-electron chi connectivity index (χ3n) is 5.09. The minimum absolute atomic E-state index is 0.0357. The van der Waals surface area contributed by atoms with Crippen molar-refractivity contribution in [1.29, 1.82) is 0 Å². The van der Waals surface area contributed by atoms with E-state index in [4.69, 9.17) is 9.47 Å². The van der Waals surface area contributed by atoms with E-state index in [1.807, 2.05) is 19.1 Å². The maximum atomic E-state index is 9.99. The van der Waals surface area contributed by atoms with E-state index in [-0.39, 0.29) is 11.5 Å². The molecule has 1 aliphatic carbocycles. The van der Waals surface area contributed by atoms with Gasteiger partial charge in [0.2, 0.25) is 0 Å². The molecule has 4 nitrogen and oxygen atoms in total. The number of nitrogens with zero attached hydrogens (tertiary/aromatic N) is 1. The van der Waals surface area contributed by atoms with E-state index in [1.54, 1.807) is 7.11 Å². The predicted molar refractivity (Wildman–Crippen MR) is 86.6 cm³/mol. The molecule has 22 heavy (non-hydrogen) atoms. The maximum Gasteiger partial charge on any atom is 0.161 e. The molecule has 3 rings (SSSR count). The van der Waals surface area contributed by atoms with E-state index in [0.717, 1.165) is 30.9 Å². The summed E-state index contributed by atoms with van der Waals surface area (Å²) in [5, 5.41) is 9.99. The van der Waals surface area contributed by atoms with E-state index >= 15 is 0 Å². The van der Waals surface area contributed by atoms with Crippen LogP contribution in [0.2, 0.25) is 0 Å². The average Bonchev–Trinajstić information content (AvgIpc) is 2.86. The highest BCUT2D eigenvalue weighted by molar-refractivity contribution is 5.48. The summed E-state index contributed by atoms with van der Waals surface area (Å²) in [7, 11) is 3.82. The zero-order valence-corrected chi connectivity index (χ0v) is 13.6. The largest absolute Gasteiger partial charge is 0.493 e. The number of methoxy groups -OCH3 is 1. The zero-order valence-electron chi connectivity index (χ0n) is 13.6. The molecule has 0 radical (unpaired) electrons. The van der Waals surface area contributed by atoms with Gasteiger partial charge in [0.15, 0.2) is 11.5 Å². The summed E-state index contributed by atoms with van der Waals surface area (Å²) >= 11 is 0. The molecule has 1 aromatic rings. The van der Waals surface area contributed by atoms with Crippen molar-refractivity contribution in [2.45, 2.75) is 37.3 Å². The Kier molecular flexibility index (Phi) is 4.15. The van der Waals surface area contributed by atoms with E-state index in [9.17, 15) is 5.11 Å². The summed E-state index contributed by atoms with van der Waals surface area (Å²) in [6.07, 6.45) is 5.64. The lowest BCUT2D eigenvalue weighted by atomic mass is 9.69. The van der Waals surface area contributed by atoms with Gasteiger partial charge in [-0.1, -0.05) is 18.2 Å². The molecule has 1 fully saturated rings. The Morgan fingerprint density at radius 1 is 1.36 bits per heavy atom. The van der Waals surface area contributed by atoms with Crippen LogP contribution in [0, 0.1) is 0 Å². The van der Waals surface area contributed by atoms with Crippen LogP contribution in [0.25, 0.3) is 0 Å². The number of aliphatic hydroxyl groups is 1. The minimum atomic E-state index is -0.344. The van der Waals surface area contributed by atoms with Crippen molar-refractivity contribution in [3.63, 3.8) is 0 Å². The molecule has 0 bridgehead atoms. The Balaban J connectivity index is 2.03. The SMILES string of the molecule is CCOc1ccc([C@@]23C=C[C@H](O)C[C@@H]2N(C)CC3)cc1OC. The van der Waals surface area contributed by atoms with Gasteiger partial charge in [-0.3, -0.25) is 0 Å². The van der Waals surface area contributed by atoms with Crippen LogP contribution in [0.1, 0.15) is 25.3 Å². The van der Waals surface area contributed by atoms with E-state index in [2.05, 4.69) is 30.2 Å². The second kappa shape index (κ2) is 5.94. The summed E-state index contributed by atoms with van der Waals surface area (Å²) in [6, 6.07) is 6.57. The lowest BCUT2D eigenvalue weighted by Gasteiger charge is -2.39. The number of hydrogen-bond donors (Lipinski definition) is 1. The Hall–Kier alpha value is -1.52. The monoisotopic (exact) mass is 303 g/mol. The van der Waals surface area contributed by atoms with Crippen LogP contribution in [-0.4, -0.2) is 49.5 Å². The number of rotatable bonds is 4. The number of likely N-dealkylation sites (tertiary alicyclic amines) is 1. The molecule has 2 aliphatic rings. The molecule has 0 amide bonds. The highest BCUT2D eigenvalue weighted by Gasteiger charge is 2.48. The fourth-order valence-corrected chi connectivity index (χ4v) is 3.92. The highest BCUT2D eigenvalue weighted by atomic mass is 16.5. The van der Waals surface area contributed by atoms with E-state index in [1.165, 1.54) is 5.56 Å². The molecule has 1 aliphatic heterocycles. The van der Waals surface area contributed by atoms with Crippen molar-refractivity contribution in [1.82, 2.24) is 4.90 Å². The fourth-order valence-electron chi connectivity index (χ4n) is 3.92. The van der Waals surface area contributed by atoms with E-state index in [0.29, 0.717) is 12.6 Å². The molecular weight excluding hydrogens is 278 g/mol. The molecule has 0 spiro atoms. The normalized spacial score (nSPS) is 31.1. The molecule has 3 atom stereocenters. The molecule has 0 aromatic heterocycles. The highest BCUT2D eigenvalue weighted by Crippen LogP contribution is 2.47. The first-order chi connectivity index (χ1) is 10.6. The molecule has 0 saturated carbocycles. The Bertz CT molecular complexity index is 571. The quantitative estimate of drug-likeness (QED) is 0.867. The Morgan fingerprint density at radius 2 is 2.18 bits per heavy atom. The third kappa shape index (κ3) is 2.40. The van der Waals surface area contributed by atoms with Gasteiger partial charge in [-0.2, -0.15) is 0 Å². The van der Waals surface area contributed by atoms with Gasteiger partial charge in [0, 0.05) is 11.5 Å². The number of hydrogen-bond acceptors (Lipinski definition) is 4. The van der Waals surface area contributed by atoms with Crippen LogP contribution >= 0.6 is 0 Å². The predicted octanol–water partition coefficient (Wildman–Crippen LogP) is 2.36. The topological polar surface area (TPSA) is 41.9 Å². The molecule has 120 valence electrons. The molecule has 1 saturated heterocycles. The number of likely N-dealkylation sites (N-methyl/N-ethyl adjacent to an activating group) is 1. The van der Waals surface area contributed by atoms with Crippen LogP contribution < -0.4 is 9.47 Å². The summed E-state index contributed by atoms with van der Waals surface area (Å²) in [5.41, 5.74) is 1.21. The van der Waals surface area contributed by atoms with Crippen LogP contribution in [0.5, 0.6) is 11.5 Å². The van der Waals surface area contributed by atoms with Crippen LogP contribution in [-0.2, 0) is 5.41 Å². The fraction of sp³-hybridized carbons (Fsp3) is 0.556. The Labute approximate surface area is 132 Å². The van der Waals surface area contributed by atoms with Gasteiger partial charge in [-0.15, -0.1) is 0 Å². The zero-order chi connectivity index (χ0) is 15.7. The maximum absolute atomic E-state index is 9.99. The van der Waals surface area contributed by atoms with Crippen molar-refractivity contribution in [3.8, 4) is 11.5 Å². The van der Waals surface area contributed by atoms with Crippen LogP contribution in [0.15, 0.2) is 30.4 Å².